The highest BCUT2D eigenvalue weighted by molar-refractivity contribution is 7.80. The zero-order valence-corrected chi connectivity index (χ0v) is 15.8. The van der Waals surface area contributed by atoms with E-state index in [1.807, 2.05) is 25.2 Å². The predicted octanol–water partition coefficient (Wildman–Crippen LogP) is 3.37. The van der Waals surface area contributed by atoms with E-state index in [-0.39, 0.29) is 0 Å². The van der Waals surface area contributed by atoms with Crippen molar-refractivity contribution in [3.63, 3.8) is 0 Å². The average molecular weight is 338 g/mol. The first-order chi connectivity index (χ1) is 11.1. The molecule has 23 heavy (non-hydrogen) atoms. The van der Waals surface area contributed by atoms with Gasteiger partial charge in [0.2, 0.25) is 0 Å². The molecule has 0 saturated carbocycles. The van der Waals surface area contributed by atoms with Crippen LogP contribution in [0.4, 0.5) is 0 Å². The number of hydrogen-bond acceptors (Lipinski definition) is 4. The van der Waals surface area contributed by atoms with Crippen LogP contribution in [-0.2, 0) is 10.3 Å². The van der Waals surface area contributed by atoms with Crippen molar-refractivity contribution in [2.75, 3.05) is 33.8 Å². The molecule has 0 spiro atoms. The third-order valence-corrected chi connectivity index (χ3v) is 4.66. The molecule has 5 heteroatoms. The zero-order valence-electron chi connectivity index (χ0n) is 15.0. The average Bonchev–Trinajstić information content (AvgIpc) is 2.61. The van der Waals surface area contributed by atoms with E-state index in [0.29, 0.717) is 4.99 Å². The Bertz CT molecular complexity index is 447. The number of aromatic nitrogens is 1. The molecule has 1 aromatic rings. The Morgan fingerprint density at radius 1 is 1.26 bits per heavy atom. The van der Waals surface area contributed by atoms with Crippen molar-refractivity contribution in [1.82, 2.24) is 15.2 Å². The van der Waals surface area contributed by atoms with E-state index in [4.69, 9.17) is 17.0 Å². The minimum atomic E-state index is -0.702. The van der Waals surface area contributed by atoms with Crippen molar-refractivity contribution in [3.8, 4) is 0 Å². The summed E-state index contributed by atoms with van der Waals surface area (Å²) in [6.07, 6.45) is 6.52. The van der Waals surface area contributed by atoms with Gasteiger partial charge >= 0.3 is 0 Å². The van der Waals surface area contributed by atoms with Crippen LogP contribution in [-0.4, -0.2) is 48.7 Å². The van der Waals surface area contributed by atoms with Crippen molar-refractivity contribution in [2.45, 2.75) is 45.1 Å². The molecule has 1 heterocycles. The van der Waals surface area contributed by atoms with Crippen molar-refractivity contribution in [3.05, 3.63) is 30.1 Å². The molecular weight excluding hydrogens is 306 g/mol. The molecular formula is C18H31N3OS. The normalized spacial score (nSPS) is 13.8. The Hall–Kier alpha value is -1.04. The topological polar surface area (TPSA) is 37.4 Å². The SMILES string of the molecule is CCCCN(CCCC)CC(OC)(C(=S)NC)c1ccccn1. The molecule has 0 bridgehead atoms. The van der Waals surface area contributed by atoms with E-state index in [0.717, 1.165) is 25.3 Å². The molecule has 0 amide bonds. The van der Waals surface area contributed by atoms with Crippen LogP contribution in [0.3, 0.4) is 0 Å². The molecule has 0 fully saturated rings. The summed E-state index contributed by atoms with van der Waals surface area (Å²) in [5.41, 5.74) is 0.159. The van der Waals surface area contributed by atoms with Crippen LogP contribution in [0.25, 0.3) is 0 Å². The lowest BCUT2D eigenvalue weighted by Crippen LogP contribution is -2.52. The molecule has 1 atom stereocenters. The second-order valence-electron chi connectivity index (χ2n) is 5.81. The molecule has 0 aliphatic heterocycles. The van der Waals surface area contributed by atoms with Crippen LogP contribution in [0.2, 0.25) is 0 Å². The van der Waals surface area contributed by atoms with Gasteiger partial charge in [-0.2, -0.15) is 0 Å². The van der Waals surface area contributed by atoms with E-state index in [2.05, 4.69) is 29.0 Å². The number of methoxy groups -OCH3 is 1. The fourth-order valence-electron chi connectivity index (χ4n) is 2.68. The van der Waals surface area contributed by atoms with Gasteiger partial charge < -0.3 is 10.1 Å². The highest BCUT2D eigenvalue weighted by Crippen LogP contribution is 2.26. The lowest BCUT2D eigenvalue weighted by molar-refractivity contribution is 0.00971. The lowest BCUT2D eigenvalue weighted by Gasteiger charge is -2.37. The minimum Gasteiger partial charge on any atom is -0.380 e. The van der Waals surface area contributed by atoms with E-state index < -0.39 is 5.60 Å². The maximum absolute atomic E-state index is 5.96. The monoisotopic (exact) mass is 337 g/mol. The highest BCUT2D eigenvalue weighted by Gasteiger charge is 2.39. The summed E-state index contributed by atoms with van der Waals surface area (Å²) in [5, 5.41) is 3.11. The summed E-state index contributed by atoms with van der Waals surface area (Å²) < 4.78 is 5.96. The van der Waals surface area contributed by atoms with Crippen LogP contribution < -0.4 is 5.32 Å². The number of nitrogens with one attached hydrogen (secondary N) is 1. The first kappa shape index (κ1) is 20.0. The number of ether oxygens (including phenoxy) is 1. The molecule has 0 radical (unpaired) electrons. The molecule has 1 N–H and O–H groups in total. The van der Waals surface area contributed by atoms with Gasteiger partial charge in [-0.1, -0.05) is 45.0 Å². The molecule has 1 aromatic heterocycles. The summed E-state index contributed by atoms with van der Waals surface area (Å²) in [7, 11) is 3.57. The van der Waals surface area contributed by atoms with Crippen molar-refractivity contribution in [1.29, 1.82) is 0 Å². The second kappa shape index (κ2) is 10.7. The standard InChI is InChI=1S/C18H31N3OS/c1-5-7-13-21(14-8-6-2)15-18(22-4,17(23)19-3)16-11-9-10-12-20-16/h9-12H,5-8,13-15H2,1-4H3,(H,19,23). The number of likely N-dealkylation sites (N-methyl/N-ethyl adjacent to an activating group) is 1. The maximum atomic E-state index is 5.96. The zero-order chi connectivity index (χ0) is 17.1. The van der Waals surface area contributed by atoms with Crippen LogP contribution in [0.1, 0.15) is 45.2 Å². The Balaban J connectivity index is 3.08. The molecule has 130 valence electrons. The summed E-state index contributed by atoms with van der Waals surface area (Å²) in [6, 6.07) is 5.89. The van der Waals surface area contributed by atoms with Gasteiger partial charge in [0.15, 0.2) is 5.60 Å². The number of rotatable bonds is 11. The van der Waals surface area contributed by atoms with Crippen LogP contribution >= 0.6 is 12.2 Å². The summed E-state index contributed by atoms with van der Waals surface area (Å²) in [6.45, 7) is 7.28. The van der Waals surface area contributed by atoms with Gasteiger partial charge in [0.25, 0.3) is 0 Å². The van der Waals surface area contributed by atoms with Crippen LogP contribution in [0.15, 0.2) is 24.4 Å². The van der Waals surface area contributed by atoms with Crippen molar-refractivity contribution < 1.29 is 4.74 Å². The fourth-order valence-corrected chi connectivity index (χ4v) is 2.94. The Kier molecular flexibility index (Phi) is 9.29. The predicted molar refractivity (Wildman–Crippen MR) is 101 cm³/mol. The molecule has 0 aliphatic rings. The van der Waals surface area contributed by atoms with Gasteiger partial charge in [0.05, 0.1) is 5.69 Å². The maximum Gasteiger partial charge on any atom is 0.172 e. The summed E-state index contributed by atoms with van der Waals surface area (Å²) >= 11 is 5.61. The Morgan fingerprint density at radius 2 is 1.91 bits per heavy atom. The van der Waals surface area contributed by atoms with Gasteiger partial charge in [0, 0.05) is 26.9 Å². The Morgan fingerprint density at radius 3 is 2.35 bits per heavy atom. The van der Waals surface area contributed by atoms with Crippen molar-refractivity contribution >= 4 is 17.2 Å². The molecule has 1 unspecified atom stereocenters. The van der Waals surface area contributed by atoms with E-state index in [1.54, 1.807) is 13.3 Å². The number of hydrogen-bond donors (Lipinski definition) is 1. The third-order valence-electron chi connectivity index (χ3n) is 4.12. The van der Waals surface area contributed by atoms with E-state index in [1.165, 1.54) is 25.7 Å². The largest absolute Gasteiger partial charge is 0.380 e. The number of nitrogens with zero attached hydrogens (tertiary/aromatic N) is 2. The molecule has 0 aromatic carbocycles. The summed E-state index contributed by atoms with van der Waals surface area (Å²) in [4.78, 5) is 7.66. The van der Waals surface area contributed by atoms with Gasteiger partial charge in [-0.15, -0.1) is 0 Å². The van der Waals surface area contributed by atoms with E-state index >= 15 is 0 Å². The van der Waals surface area contributed by atoms with Gasteiger partial charge in [-0.3, -0.25) is 9.88 Å². The van der Waals surface area contributed by atoms with Gasteiger partial charge in [0.1, 0.15) is 4.99 Å². The lowest BCUT2D eigenvalue weighted by atomic mass is 9.96. The van der Waals surface area contributed by atoms with Gasteiger partial charge in [-0.25, -0.2) is 0 Å². The quantitative estimate of drug-likeness (QED) is 0.627. The number of pyridine rings is 1. The van der Waals surface area contributed by atoms with Gasteiger partial charge in [-0.05, 0) is 38.1 Å². The number of thiocarbonyl (C=S) groups is 1. The highest BCUT2D eigenvalue weighted by atomic mass is 32.1. The molecule has 0 saturated heterocycles. The van der Waals surface area contributed by atoms with Crippen LogP contribution in [0, 0.1) is 0 Å². The first-order valence-corrected chi connectivity index (χ1v) is 8.96. The second-order valence-corrected chi connectivity index (χ2v) is 6.22. The molecule has 4 nitrogen and oxygen atoms in total. The third kappa shape index (κ3) is 5.52. The summed E-state index contributed by atoms with van der Waals surface area (Å²) in [5.74, 6) is 0. The Labute approximate surface area is 146 Å². The van der Waals surface area contributed by atoms with Crippen molar-refractivity contribution in [2.24, 2.45) is 0 Å². The smallest absolute Gasteiger partial charge is 0.172 e. The van der Waals surface area contributed by atoms with E-state index in [9.17, 15) is 0 Å². The fraction of sp³-hybridized carbons (Fsp3) is 0.667. The minimum absolute atomic E-state index is 0.677. The molecule has 0 aliphatic carbocycles. The number of unbranched alkanes of at least 4 members (excludes halogenated alkanes) is 2. The van der Waals surface area contributed by atoms with Crippen LogP contribution in [0.5, 0.6) is 0 Å². The first-order valence-electron chi connectivity index (χ1n) is 8.55. The molecule has 1 rings (SSSR count).